The number of anilines is 3. The molecule has 12 nitrogen and oxygen atoms in total. The first-order valence-electron chi connectivity index (χ1n) is 20.5. The van der Waals surface area contributed by atoms with Crippen molar-refractivity contribution in [1.29, 1.82) is 0 Å². The van der Waals surface area contributed by atoms with E-state index in [9.17, 15) is 24.3 Å². The van der Waals surface area contributed by atoms with E-state index in [1.54, 1.807) is 30.0 Å². The smallest absolute Gasteiger partial charge is 0.247 e. The zero-order valence-electron chi connectivity index (χ0n) is 34.5. The van der Waals surface area contributed by atoms with Gasteiger partial charge in [-0.2, -0.15) is 0 Å². The maximum atomic E-state index is 14.8. The summed E-state index contributed by atoms with van der Waals surface area (Å²) in [6.45, 7) is 10.1. The summed E-state index contributed by atoms with van der Waals surface area (Å²) < 4.78 is 0. The molecule has 0 aromatic heterocycles. The summed E-state index contributed by atoms with van der Waals surface area (Å²) >= 11 is 0. The molecule has 4 aromatic carbocycles. The van der Waals surface area contributed by atoms with Crippen LogP contribution in [0.4, 0.5) is 17.1 Å². The van der Waals surface area contributed by atoms with Crippen LogP contribution < -0.4 is 15.1 Å². The van der Waals surface area contributed by atoms with Crippen molar-refractivity contribution in [3.63, 3.8) is 0 Å². The number of carbonyl (C=O) groups excluding carboxylic acids is 4. The molecule has 310 valence electrons. The predicted molar refractivity (Wildman–Crippen MR) is 234 cm³/mol. The molecule has 0 radical (unpaired) electrons. The number of hydrogen-bond donors (Lipinski definition) is 2. The van der Waals surface area contributed by atoms with Gasteiger partial charge in [-0.3, -0.25) is 24.1 Å². The number of aliphatic hydroxyl groups is 1. The Morgan fingerprint density at radius 1 is 0.729 bits per heavy atom. The molecule has 0 bridgehead atoms. The maximum Gasteiger partial charge on any atom is 0.247 e. The van der Waals surface area contributed by atoms with Crippen molar-refractivity contribution in [2.45, 2.75) is 39.4 Å². The van der Waals surface area contributed by atoms with Crippen molar-refractivity contribution in [2.75, 3.05) is 87.7 Å². The number of benzene rings is 4. The minimum atomic E-state index is -0.758. The third-order valence-corrected chi connectivity index (χ3v) is 11.1. The van der Waals surface area contributed by atoms with Crippen molar-refractivity contribution in [1.82, 2.24) is 19.6 Å². The van der Waals surface area contributed by atoms with Crippen LogP contribution in [0.5, 0.6) is 0 Å². The van der Waals surface area contributed by atoms with E-state index in [2.05, 4.69) is 51.5 Å². The van der Waals surface area contributed by atoms with Gasteiger partial charge in [-0.1, -0.05) is 66.7 Å². The molecule has 4 amide bonds. The molecule has 0 aliphatic carbocycles. The van der Waals surface area contributed by atoms with Crippen LogP contribution in [0.2, 0.25) is 0 Å². The van der Waals surface area contributed by atoms with Crippen molar-refractivity contribution < 1.29 is 24.3 Å². The van der Waals surface area contributed by atoms with Gasteiger partial charge in [0.2, 0.25) is 23.6 Å². The fourth-order valence-electron chi connectivity index (χ4n) is 7.67. The van der Waals surface area contributed by atoms with E-state index in [0.29, 0.717) is 57.9 Å². The highest BCUT2D eigenvalue weighted by molar-refractivity contribution is 5.96. The van der Waals surface area contributed by atoms with E-state index in [-0.39, 0.29) is 36.8 Å². The molecule has 2 heterocycles. The summed E-state index contributed by atoms with van der Waals surface area (Å²) in [5.74, 6) is -0.424. The minimum absolute atomic E-state index is 0.0776. The molecule has 12 heteroatoms. The maximum absolute atomic E-state index is 14.8. The quantitative estimate of drug-likeness (QED) is 0.166. The number of likely N-dealkylation sites (N-methyl/N-ethyl adjacent to an activating group) is 1. The van der Waals surface area contributed by atoms with Gasteiger partial charge in [0, 0.05) is 122 Å². The van der Waals surface area contributed by atoms with Crippen LogP contribution in [-0.2, 0) is 38.7 Å². The summed E-state index contributed by atoms with van der Waals surface area (Å²) in [6.07, 6.45) is 3.64. The number of amides is 4. The zero-order chi connectivity index (χ0) is 41.7. The molecule has 2 aliphatic rings. The Morgan fingerprint density at radius 2 is 1.36 bits per heavy atom. The minimum Gasteiger partial charge on any atom is -0.395 e. The highest BCUT2D eigenvalue weighted by Crippen LogP contribution is 2.23. The molecular weight excluding hydrogens is 743 g/mol. The number of aliphatic hydroxyl groups excluding tert-OH is 1. The normalized spacial score (nSPS) is 15.2. The zero-order valence-corrected chi connectivity index (χ0v) is 34.5. The largest absolute Gasteiger partial charge is 0.395 e. The third kappa shape index (κ3) is 12.0. The topological polar surface area (TPSA) is 120 Å². The first-order chi connectivity index (χ1) is 28.6. The lowest BCUT2D eigenvalue weighted by Crippen LogP contribution is -2.56. The number of nitrogens with zero attached hydrogens (tertiary/aromatic N) is 6. The number of nitrogens with one attached hydrogen (secondary N) is 1. The molecule has 4 aromatic rings. The van der Waals surface area contributed by atoms with Crippen molar-refractivity contribution in [3.05, 3.63) is 131 Å². The standard InChI is InChI=1S/C47H57N7O5/c1-36(56)48-42-16-9-38(10-17-42)15-22-46(58)54(35-41-13-20-44(21-14-41)52-29-27-51(28-30-52)37(2)57)45(33-39-7-5-4-6-8-39)47(59)53-25-23-50(24-26-53)34-40-11-18-43(19-12-40)49(3)31-32-55/h4-22,45,55H,23-35H2,1-3H3,(H,48,56)/t45-/m0/s1. The molecule has 2 saturated heterocycles. The number of carbonyl (C=O) groups is 4. The fourth-order valence-corrected chi connectivity index (χ4v) is 7.67. The molecular formula is C47H57N7O5. The number of hydrogen-bond acceptors (Lipinski definition) is 8. The highest BCUT2D eigenvalue weighted by atomic mass is 16.3. The molecule has 1 atom stereocenters. The Hall–Kier alpha value is -5.98. The SMILES string of the molecule is CC(=O)Nc1ccc(C=CC(=O)N(Cc2ccc(N3CCN(C(C)=O)CC3)cc2)[C@@H](Cc2ccccc2)C(=O)N2CCN(Cc3ccc(N(C)CCO)cc3)CC2)cc1. The van der Waals surface area contributed by atoms with Crippen molar-refractivity contribution in [2.24, 2.45) is 0 Å². The fraction of sp³-hybridized carbons (Fsp3) is 0.362. The summed E-state index contributed by atoms with van der Waals surface area (Å²) in [4.78, 5) is 64.8. The average molecular weight is 800 g/mol. The van der Waals surface area contributed by atoms with E-state index in [1.807, 2.05) is 76.3 Å². The van der Waals surface area contributed by atoms with Crippen molar-refractivity contribution >= 4 is 46.8 Å². The first-order valence-corrected chi connectivity index (χ1v) is 20.5. The van der Waals surface area contributed by atoms with Crippen LogP contribution in [-0.4, -0.2) is 127 Å². The van der Waals surface area contributed by atoms with E-state index < -0.39 is 6.04 Å². The lowest BCUT2D eigenvalue weighted by molar-refractivity contribution is -0.145. The van der Waals surface area contributed by atoms with E-state index in [1.165, 1.54) is 18.6 Å². The molecule has 0 unspecified atom stereocenters. The van der Waals surface area contributed by atoms with Gasteiger partial charge in [0.1, 0.15) is 6.04 Å². The second kappa shape index (κ2) is 20.6. The molecule has 59 heavy (non-hydrogen) atoms. The molecule has 0 spiro atoms. The van der Waals surface area contributed by atoms with Gasteiger partial charge in [0.05, 0.1) is 6.61 Å². The van der Waals surface area contributed by atoms with Crippen LogP contribution >= 0.6 is 0 Å². The number of piperazine rings is 2. The van der Waals surface area contributed by atoms with E-state index >= 15 is 0 Å². The Kier molecular flexibility index (Phi) is 14.9. The predicted octanol–water partition coefficient (Wildman–Crippen LogP) is 4.74. The summed E-state index contributed by atoms with van der Waals surface area (Å²) in [6, 6.07) is 32.9. The Morgan fingerprint density at radius 3 is 1.97 bits per heavy atom. The van der Waals surface area contributed by atoms with Gasteiger partial charge in [-0.05, 0) is 64.7 Å². The molecule has 0 saturated carbocycles. The average Bonchev–Trinajstić information content (AvgIpc) is 3.25. The summed E-state index contributed by atoms with van der Waals surface area (Å²) in [5.41, 5.74) is 6.62. The van der Waals surface area contributed by atoms with Gasteiger partial charge in [-0.25, -0.2) is 0 Å². The highest BCUT2D eigenvalue weighted by Gasteiger charge is 2.34. The van der Waals surface area contributed by atoms with Gasteiger partial charge in [0.15, 0.2) is 0 Å². The van der Waals surface area contributed by atoms with Crippen molar-refractivity contribution in [3.8, 4) is 0 Å². The Bertz CT molecular complexity index is 2020. The first kappa shape index (κ1) is 42.6. The van der Waals surface area contributed by atoms with Crippen LogP contribution in [0.3, 0.4) is 0 Å². The van der Waals surface area contributed by atoms with Crippen LogP contribution in [0, 0.1) is 0 Å². The van der Waals surface area contributed by atoms with E-state index in [4.69, 9.17) is 0 Å². The van der Waals surface area contributed by atoms with Crippen LogP contribution in [0.25, 0.3) is 6.08 Å². The van der Waals surface area contributed by atoms with Crippen LogP contribution in [0.1, 0.15) is 36.1 Å². The Balaban J connectivity index is 1.21. The second-order valence-electron chi connectivity index (χ2n) is 15.4. The van der Waals surface area contributed by atoms with Gasteiger partial charge >= 0.3 is 0 Å². The van der Waals surface area contributed by atoms with Gasteiger partial charge in [-0.15, -0.1) is 0 Å². The lowest BCUT2D eigenvalue weighted by Gasteiger charge is -2.39. The van der Waals surface area contributed by atoms with Gasteiger partial charge < -0.3 is 34.9 Å². The number of rotatable bonds is 15. The summed E-state index contributed by atoms with van der Waals surface area (Å²) in [7, 11) is 1.96. The molecule has 2 N–H and O–H groups in total. The monoisotopic (exact) mass is 799 g/mol. The van der Waals surface area contributed by atoms with E-state index in [0.717, 1.165) is 47.7 Å². The lowest BCUT2D eigenvalue weighted by atomic mass is 10.0. The summed E-state index contributed by atoms with van der Waals surface area (Å²) in [5, 5.41) is 12.1. The second-order valence-corrected chi connectivity index (χ2v) is 15.4. The molecule has 2 aliphatic heterocycles. The molecule has 2 fully saturated rings. The third-order valence-electron chi connectivity index (χ3n) is 11.1. The Labute approximate surface area is 348 Å². The van der Waals surface area contributed by atoms with Gasteiger partial charge in [0.25, 0.3) is 0 Å². The molecule has 6 rings (SSSR count). The van der Waals surface area contributed by atoms with Crippen LogP contribution in [0.15, 0.2) is 109 Å².